The minimum atomic E-state index is -1.24. The van der Waals surface area contributed by atoms with Crippen LogP contribution in [0.15, 0.2) is 42.5 Å². The molecule has 1 unspecified atom stereocenters. The van der Waals surface area contributed by atoms with Gasteiger partial charge in [0.15, 0.2) is 0 Å². The highest BCUT2D eigenvalue weighted by molar-refractivity contribution is 6.20. The number of rotatable bonds is 5. The number of nitrogens with zero attached hydrogens (tertiary/aromatic N) is 2. The molecule has 0 bridgehead atoms. The third kappa shape index (κ3) is 3.94. The van der Waals surface area contributed by atoms with Crippen LogP contribution in [0.5, 0.6) is 0 Å². The number of halogens is 1. The van der Waals surface area contributed by atoms with Crippen molar-refractivity contribution in [1.29, 1.82) is 0 Å². The van der Waals surface area contributed by atoms with E-state index in [4.69, 9.17) is 0 Å². The van der Waals surface area contributed by atoms with Crippen LogP contribution in [0.25, 0.3) is 10.9 Å². The number of fused-ring (bicyclic) bond motifs is 3. The maximum absolute atomic E-state index is 14.3. The van der Waals surface area contributed by atoms with Crippen LogP contribution >= 0.6 is 0 Å². The Morgan fingerprint density at radius 2 is 1.89 bits per heavy atom. The van der Waals surface area contributed by atoms with Crippen LogP contribution in [0.3, 0.4) is 0 Å². The highest BCUT2D eigenvalue weighted by atomic mass is 19.1. The summed E-state index contributed by atoms with van der Waals surface area (Å²) in [4.78, 5) is 41.8. The molecule has 0 radical (unpaired) electrons. The lowest BCUT2D eigenvalue weighted by molar-refractivity contribution is -0.127. The first-order valence-electron chi connectivity index (χ1n) is 12.6. The number of hydrogen-bond acceptors (Lipinski definition) is 3. The molecule has 1 fully saturated rings. The summed E-state index contributed by atoms with van der Waals surface area (Å²) in [5.74, 6) is -1.48. The first-order valence-corrected chi connectivity index (χ1v) is 12.6. The molecule has 188 valence electrons. The van der Waals surface area contributed by atoms with Gasteiger partial charge in [-0.05, 0) is 62.1 Å². The lowest BCUT2D eigenvalue weighted by Crippen LogP contribution is -2.65. The van der Waals surface area contributed by atoms with Crippen molar-refractivity contribution in [1.82, 2.24) is 9.88 Å². The van der Waals surface area contributed by atoms with Crippen LogP contribution in [-0.2, 0) is 22.6 Å². The highest BCUT2D eigenvalue weighted by Gasteiger charge is 2.50. The fourth-order valence-corrected chi connectivity index (χ4v) is 5.63. The van der Waals surface area contributed by atoms with Crippen LogP contribution in [0.1, 0.15) is 62.5 Å². The van der Waals surface area contributed by atoms with Crippen molar-refractivity contribution >= 4 is 40.0 Å². The van der Waals surface area contributed by atoms with E-state index < -0.39 is 17.3 Å². The van der Waals surface area contributed by atoms with Gasteiger partial charge in [-0.25, -0.2) is 4.39 Å². The molecule has 1 aliphatic carbocycles. The summed E-state index contributed by atoms with van der Waals surface area (Å²) in [7, 11) is 0. The Hall–Kier alpha value is -3.68. The topological polar surface area (TPSA) is 83.4 Å². The molecule has 1 atom stereocenters. The maximum Gasteiger partial charge on any atom is 0.278 e. The smallest absolute Gasteiger partial charge is 0.278 e. The standard InChI is InChI=1S/C28H31FN4O3/c1-4-18-8-7-11-21(14-18)33-26(35)25-24(30-17(2)34)22-15-19(29)12-13-23(22)32(25)16-28(33,3)27(36)31-20-9-5-6-10-20/h7-8,11-15,20H,4-6,9-10,16H2,1-3H3,(H,30,34)(H,31,36). The van der Waals surface area contributed by atoms with Crippen molar-refractivity contribution < 1.29 is 18.8 Å². The Morgan fingerprint density at radius 1 is 1.14 bits per heavy atom. The number of aryl methyl sites for hydroxylation is 1. The SMILES string of the molecule is CCc1cccc(N2C(=O)c3c(NC(C)=O)c4cc(F)ccc4n3CC2(C)C(=O)NC2CCCC2)c1. The fourth-order valence-electron chi connectivity index (χ4n) is 5.63. The monoisotopic (exact) mass is 490 g/mol. The molecule has 8 heteroatoms. The second-order valence-corrected chi connectivity index (χ2v) is 10.0. The molecule has 7 nitrogen and oxygen atoms in total. The van der Waals surface area contributed by atoms with Gasteiger partial charge in [0, 0.05) is 24.0 Å². The van der Waals surface area contributed by atoms with Crippen LogP contribution in [0.4, 0.5) is 15.8 Å². The molecule has 2 aliphatic rings. The van der Waals surface area contributed by atoms with Gasteiger partial charge in [0.05, 0.1) is 17.7 Å². The first-order chi connectivity index (χ1) is 17.2. The maximum atomic E-state index is 14.3. The summed E-state index contributed by atoms with van der Waals surface area (Å²) in [5, 5.41) is 6.37. The van der Waals surface area contributed by atoms with Gasteiger partial charge in [-0.3, -0.25) is 19.3 Å². The second kappa shape index (κ2) is 9.08. The van der Waals surface area contributed by atoms with Gasteiger partial charge >= 0.3 is 0 Å². The molecule has 0 spiro atoms. The molecule has 1 aromatic heterocycles. The van der Waals surface area contributed by atoms with Gasteiger partial charge < -0.3 is 15.2 Å². The molecule has 2 N–H and O–H groups in total. The van der Waals surface area contributed by atoms with Crippen LogP contribution < -0.4 is 15.5 Å². The van der Waals surface area contributed by atoms with Crippen LogP contribution in [0.2, 0.25) is 0 Å². The van der Waals surface area contributed by atoms with Crippen molar-refractivity contribution in [3.63, 3.8) is 0 Å². The Labute approximate surface area is 209 Å². The number of nitrogens with one attached hydrogen (secondary N) is 2. The number of carbonyl (C=O) groups is 3. The van der Waals surface area contributed by atoms with E-state index in [1.54, 1.807) is 22.5 Å². The van der Waals surface area contributed by atoms with Gasteiger partial charge in [-0.2, -0.15) is 0 Å². The van der Waals surface area contributed by atoms with E-state index in [-0.39, 0.29) is 35.8 Å². The number of aromatic nitrogens is 1. The third-order valence-electron chi connectivity index (χ3n) is 7.45. The normalized spacial score (nSPS) is 20.0. The zero-order valence-corrected chi connectivity index (χ0v) is 20.9. The minimum absolute atomic E-state index is 0.0834. The summed E-state index contributed by atoms with van der Waals surface area (Å²) in [6.07, 6.45) is 4.76. The van der Waals surface area contributed by atoms with Crippen molar-refractivity contribution in [3.05, 3.63) is 59.5 Å². The van der Waals surface area contributed by atoms with Gasteiger partial charge in [0.25, 0.3) is 5.91 Å². The number of anilines is 2. The molecule has 1 saturated carbocycles. The van der Waals surface area contributed by atoms with E-state index in [0.29, 0.717) is 16.6 Å². The van der Waals surface area contributed by atoms with Crippen molar-refractivity contribution in [3.8, 4) is 0 Å². The van der Waals surface area contributed by atoms with E-state index >= 15 is 0 Å². The van der Waals surface area contributed by atoms with Crippen molar-refractivity contribution in [2.75, 3.05) is 10.2 Å². The van der Waals surface area contributed by atoms with Crippen LogP contribution in [-0.4, -0.2) is 33.9 Å². The molecule has 2 heterocycles. The Balaban J connectivity index is 1.72. The quantitative estimate of drug-likeness (QED) is 0.540. The van der Waals surface area contributed by atoms with Gasteiger partial charge in [0.1, 0.15) is 17.1 Å². The summed E-state index contributed by atoms with van der Waals surface area (Å²) in [6.45, 7) is 5.32. The predicted molar refractivity (Wildman–Crippen MR) is 138 cm³/mol. The second-order valence-electron chi connectivity index (χ2n) is 10.0. The number of hydrogen-bond donors (Lipinski definition) is 2. The van der Waals surface area contributed by atoms with Gasteiger partial charge in [-0.1, -0.05) is 31.9 Å². The molecule has 3 amide bonds. The van der Waals surface area contributed by atoms with E-state index in [9.17, 15) is 18.8 Å². The largest absolute Gasteiger partial charge is 0.351 e. The lowest BCUT2D eigenvalue weighted by atomic mass is 9.92. The molecule has 0 saturated heterocycles. The number of carbonyl (C=O) groups excluding carboxylic acids is 3. The van der Waals surface area contributed by atoms with E-state index in [1.165, 1.54) is 19.1 Å². The predicted octanol–water partition coefficient (Wildman–Crippen LogP) is 4.78. The molecular formula is C28H31FN4O3. The zero-order chi connectivity index (χ0) is 25.6. The molecule has 2 aromatic carbocycles. The average molecular weight is 491 g/mol. The van der Waals surface area contributed by atoms with Gasteiger partial charge in [-0.15, -0.1) is 0 Å². The molecule has 1 aliphatic heterocycles. The van der Waals surface area contributed by atoms with Crippen molar-refractivity contribution in [2.24, 2.45) is 0 Å². The Morgan fingerprint density at radius 3 is 2.58 bits per heavy atom. The van der Waals surface area contributed by atoms with Gasteiger partial charge in [0.2, 0.25) is 11.8 Å². The molecule has 5 rings (SSSR count). The highest BCUT2D eigenvalue weighted by Crippen LogP contribution is 2.41. The first kappa shape index (κ1) is 24.0. The summed E-state index contributed by atoms with van der Waals surface area (Å²) in [5.41, 5.74) is 1.49. The molecule has 36 heavy (non-hydrogen) atoms. The minimum Gasteiger partial charge on any atom is -0.351 e. The molecular weight excluding hydrogens is 459 g/mol. The van der Waals surface area contributed by atoms with Crippen molar-refractivity contribution in [2.45, 2.75) is 71.0 Å². The summed E-state index contributed by atoms with van der Waals surface area (Å²) < 4.78 is 16.0. The number of benzene rings is 2. The zero-order valence-electron chi connectivity index (χ0n) is 20.9. The Bertz CT molecular complexity index is 1370. The number of amides is 3. The Kier molecular flexibility index (Phi) is 6.06. The fraction of sp³-hybridized carbons (Fsp3) is 0.393. The third-order valence-corrected chi connectivity index (χ3v) is 7.45. The lowest BCUT2D eigenvalue weighted by Gasteiger charge is -2.44. The van der Waals surface area contributed by atoms with E-state index in [1.807, 2.05) is 31.2 Å². The van der Waals surface area contributed by atoms with E-state index in [0.717, 1.165) is 37.7 Å². The summed E-state index contributed by atoms with van der Waals surface area (Å²) >= 11 is 0. The van der Waals surface area contributed by atoms with Crippen LogP contribution in [0, 0.1) is 5.82 Å². The summed E-state index contributed by atoms with van der Waals surface area (Å²) in [6, 6.07) is 11.9. The molecule has 3 aromatic rings. The van der Waals surface area contributed by atoms with E-state index in [2.05, 4.69) is 10.6 Å². The average Bonchev–Trinajstić information content (AvgIpc) is 3.45.